The van der Waals surface area contributed by atoms with E-state index in [1.807, 2.05) is 13.8 Å². The smallest absolute Gasteiger partial charge is 0.0742 e. The molecule has 0 aromatic rings. The fourth-order valence-corrected chi connectivity index (χ4v) is 2.14. The van der Waals surface area contributed by atoms with Crippen molar-refractivity contribution >= 4 is 0 Å². The second kappa shape index (κ2) is 5.53. The highest BCUT2D eigenvalue weighted by Gasteiger charge is 2.20. The van der Waals surface area contributed by atoms with Crippen molar-refractivity contribution in [2.45, 2.75) is 57.6 Å². The number of rotatable bonds is 5. The van der Waals surface area contributed by atoms with Gasteiger partial charge in [-0.25, -0.2) is 0 Å². The van der Waals surface area contributed by atoms with Gasteiger partial charge in [0.25, 0.3) is 0 Å². The van der Waals surface area contributed by atoms with Gasteiger partial charge in [0.15, 0.2) is 0 Å². The van der Waals surface area contributed by atoms with Crippen LogP contribution in [0.4, 0.5) is 0 Å². The molecular weight excluding hydrogens is 186 g/mol. The lowest BCUT2D eigenvalue weighted by molar-refractivity contribution is 0.135. The first kappa shape index (κ1) is 12.5. The normalized spacial score (nSPS) is 20.1. The van der Waals surface area contributed by atoms with Gasteiger partial charge in [-0.05, 0) is 26.2 Å². The van der Waals surface area contributed by atoms with Crippen molar-refractivity contribution in [3.63, 3.8) is 0 Å². The maximum atomic E-state index is 9.84. The van der Waals surface area contributed by atoms with Gasteiger partial charge < -0.3 is 5.11 Å². The highest BCUT2D eigenvalue weighted by molar-refractivity contribution is 5.07. The lowest BCUT2D eigenvalue weighted by Gasteiger charge is -2.23. The molecule has 0 spiro atoms. The highest BCUT2D eigenvalue weighted by atomic mass is 16.3. The van der Waals surface area contributed by atoms with Crippen molar-refractivity contribution in [2.75, 3.05) is 6.54 Å². The van der Waals surface area contributed by atoms with Crippen molar-refractivity contribution in [2.24, 2.45) is 5.92 Å². The number of nitrogens with one attached hydrogen (secondary N) is 1. The van der Waals surface area contributed by atoms with Crippen LogP contribution in [0.2, 0.25) is 0 Å². The van der Waals surface area contributed by atoms with Gasteiger partial charge in [0.1, 0.15) is 0 Å². The molecule has 1 saturated carbocycles. The van der Waals surface area contributed by atoms with Crippen LogP contribution >= 0.6 is 0 Å². The summed E-state index contributed by atoms with van der Waals surface area (Å²) in [7, 11) is 0. The first-order chi connectivity index (χ1) is 7.03. The van der Waals surface area contributed by atoms with E-state index in [0.717, 1.165) is 12.3 Å². The van der Waals surface area contributed by atoms with Crippen molar-refractivity contribution in [3.8, 4) is 12.3 Å². The van der Waals surface area contributed by atoms with Crippen molar-refractivity contribution < 1.29 is 5.11 Å². The first-order valence-corrected chi connectivity index (χ1v) is 5.94. The van der Waals surface area contributed by atoms with E-state index in [4.69, 9.17) is 6.42 Å². The van der Waals surface area contributed by atoms with Crippen LogP contribution in [-0.4, -0.2) is 23.3 Å². The van der Waals surface area contributed by atoms with Gasteiger partial charge in [-0.15, -0.1) is 6.42 Å². The fourth-order valence-electron chi connectivity index (χ4n) is 2.14. The van der Waals surface area contributed by atoms with E-state index < -0.39 is 0 Å². The Labute approximate surface area is 93.5 Å². The van der Waals surface area contributed by atoms with E-state index in [1.165, 1.54) is 25.7 Å². The molecule has 0 aliphatic heterocycles. The second-order valence-electron chi connectivity index (χ2n) is 5.19. The van der Waals surface area contributed by atoms with E-state index in [9.17, 15) is 5.11 Å². The van der Waals surface area contributed by atoms with Gasteiger partial charge in [-0.1, -0.05) is 31.6 Å². The van der Waals surface area contributed by atoms with Crippen LogP contribution in [0.3, 0.4) is 0 Å². The van der Waals surface area contributed by atoms with Crippen molar-refractivity contribution in [1.29, 1.82) is 0 Å². The zero-order valence-corrected chi connectivity index (χ0v) is 9.92. The second-order valence-corrected chi connectivity index (χ2v) is 5.19. The van der Waals surface area contributed by atoms with E-state index >= 15 is 0 Å². The Bertz CT molecular complexity index is 223. The predicted molar refractivity (Wildman–Crippen MR) is 63.5 cm³/mol. The number of aliphatic hydroxyl groups excluding tert-OH is 1. The van der Waals surface area contributed by atoms with E-state index in [2.05, 4.69) is 11.2 Å². The quantitative estimate of drug-likeness (QED) is 0.678. The minimum absolute atomic E-state index is 0.249. The molecule has 1 fully saturated rings. The molecule has 0 bridgehead atoms. The third-order valence-corrected chi connectivity index (χ3v) is 3.22. The molecule has 0 radical (unpaired) electrons. The summed E-state index contributed by atoms with van der Waals surface area (Å²) < 4.78 is 0. The largest absolute Gasteiger partial charge is 0.392 e. The molecule has 1 rings (SSSR count). The summed E-state index contributed by atoms with van der Waals surface area (Å²) in [5.74, 6) is 3.40. The zero-order chi connectivity index (χ0) is 11.3. The van der Waals surface area contributed by atoms with Crippen LogP contribution in [0.1, 0.15) is 46.0 Å². The monoisotopic (exact) mass is 209 g/mol. The van der Waals surface area contributed by atoms with E-state index in [0.29, 0.717) is 6.54 Å². The molecule has 0 heterocycles. The Kier molecular flexibility index (Phi) is 4.63. The van der Waals surface area contributed by atoms with Gasteiger partial charge >= 0.3 is 0 Å². The summed E-state index contributed by atoms with van der Waals surface area (Å²) in [4.78, 5) is 0. The Balaban J connectivity index is 2.18. The van der Waals surface area contributed by atoms with E-state index in [1.54, 1.807) is 0 Å². The van der Waals surface area contributed by atoms with Crippen LogP contribution in [0.15, 0.2) is 0 Å². The number of terminal acetylenes is 1. The van der Waals surface area contributed by atoms with Gasteiger partial charge in [0.05, 0.1) is 11.6 Å². The standard InChI is InChI=1S/C13H23NO/c1-4-13(2,3)14-10-12(15)9-11-7-5-6-8-11/h1,11-12,14-15H,5-10H2,2-3H3. The average Bonchev–Trinajstić information content (AvgIpc) is 2.68. The Morgan fingerprint density at radius 1 is 1.47 bits per heavy atom. The minimum atomic E-state index is -0.309. The number of aliphatic hydroxyl groups is 1. The third kappa shape index (κ3) is 4.68. The Morgan fingerprint density at radius 3 is 2.60 bits per heavy atom. The molecule has 1 atom stereocenters. The number of β-amino-alcohol motifs (C(OH)–C–C–N with tert-alkyl or cyclic N) is 1. The molecule has 0 aromatic heterocycles. The maximum absolute atomic E-state index is 9.84. The van der Waals surface area contributed by atoms with Gasteiger partial charge in [-0.2, -0.15) is 0 Å². The fraction of sp³-hybridized carbons (Fsp3) is 0.846. The molecule has 0 amide bonds. The van der Waals surface area contributed by atoms with Gasteiger partial charge in [0.2, 0.25) is 0 Å². The summed E-state index contributed by atoms with van der Waals surface area (Å²) in [5, 5.41) is 13.0. The molecule has 1 unspecified atom stereocenters. The van der Waals surface area contributed by atoms with Crippen LogP contribution in [0.5, 0.6) is 0 Å². The van der Waals surface area contributed by atoms with Crippen LogP contribution in [0.25, 0.3) is 0 Å². The minimum Gasteiger partial charge on any atom is -0.392 e. The van der Waals surface area contributed by atoms with Crippen LogP contribution in [-0.2, 0) is 0 Å². The molecule has 15 heavy (non-hydrogen) atoms. The lowest BCUT2D eigenvalue weighted by Crippen LogP contribution is -2.42. The predicted octanol–water partition coefficient (Wildman–Crippen LogP) is 1.93. The number of hydrogen-bond acceptors (Lipinski definition) is 2. The molecule has 0 saturated heterocycles. The van der Waals surface area contributed by atoms with Crippen LogP contribution < -0.4 is 5.32 Å². The van der Waals surface area contributed by atoms with E-state index in [-0.39, 0.29) is 11.6 Å². The number of hydrogen-bond donors (Lipinski definition) is 2. The summed E-state index contributed by atoms with van der Waals surface area (Å²) in [5.41, 5.74) is -0.309. The molecular formula is C13H23NO. The summed E-state index contributed by atoms with van der Waals surface area (Å²) >= 11 is 0. The third-order valence-electron chi connectivity index (χ3n) is 3.22. The molecule has 1 aliphatic carbocycles. The molecule has 2 heteroatoms. The van der Waals surface area contributed by atoms with Gasteiger partial charge in [0, 0.05) is 6.54 Å². The first-order valence-electron chi connectivity index (χ1n) is 5.94. The average molecular weight is 209 g/mol. The SMILES string of the molecule is C#CC(C)(C)NCC(O)CC1CCCC1. The van der Waals surface area contributed by atoms with Crippen LogP contribution in [0, 0.1) is 18.3 Å². The lowest BCUT2D eigenvalue weighted by atomic mass is 9.99. The Morgan fingerprint density at radius 2 is 2.07 bits per heavy atom. The maximum Gasteiger partial charge on any atom is 0.0742 e. The summed E-state index contributed by atoms with van der Waals surface area (Å²) in [6.45, 7) is 4.51. The zero-order valence-electron chi connectivity index (χ0n) is 9.92. The Hall–Kier alpha value is -0.520. The van der Waals surface area contributed by atoms with Gasteiger partial charge in [-0.3, -0.25) is 5.32 Å². The molecule has 2 N–H and O–H groups in total. The molecule has 2 nitrogen and oxygen atoms in total. The summed E-state index contributed by atoms with van der Waals surface area (Å²) in [6, 6.07) is 0. The highest BCUT2D eigenvalue weighted by Crippen LogP contribution is 2.28. The van der Waals surface area contributed by atoms with Crippen molar-refractivity contribution in [3.05, 3.63) is 0 Å². The molecule has 86 valence electrons. The summed E-state index contributed by atoms with van der Waals surface area (Å²) in [6.07, 6.45) is 11.3. The molecule has 1 aliphatic rings. The molecule has 0 aromatic carbocycles. The topological polar surface area (TPSA) is 32.3 Å². The van der Waals surface area contributed by atoms with Crippen molar-refractivity contribution in [1.82, 2.24) is 5.32 Å².